The number of likely N-dealkylation sites (tertiary alicyclic amines) is 1. The van der Waals surface area contributed by atoms with Gasteiger partial charge in [0.1, 0.15) is 0 Å². The maximum atomic E-state index is 3.60. The number of nitrogens with one attached hydrogen (secondary N) is 1. The van der Waals surface area contributed by atoms with Gasteiger partial charge >= 0.3 is 0 Å². The smallest absolute Gasteiger partial charge is 0.0306 e. The molecule has 2 aliphatic rings. The number of hydrogen-bond acceptors (Lipinski definition) is 2. The quantitative estimate of drug-likeness (QED) is 0.743. The van der Waals surface area contributed by atoms with Gasteiger partial charge in [0.2, 0.25) is 0 Å². The summed E-state index contributed by atoms with van der Waals surface area (Å²) in [7, 11) is 2.15. The molecule has 1 heterocycles. The Morgan fingerprint density at radius 3 is 2.21 bits per heavy atom. The minimum Gasteiger partial charge on any atom is -0.313 e. The highest BCUT2D eigenvalue weighted by Crippen LogP contribution is 2.29. The van der Waals surface area contributed by atoms with Crippen molar-refractivity contribution >= 4 is 0 Å². The van der Waals surface area contributed by atoms with Gasteiger partial charge in [0.05, 0.1) is 0 Å². The first-order valence-corrected chi connectivity index (χ1v) is 6.26. The van der Waals surface area contributed by atoms with E-state index in [-0.39, 0.29) is 0 Å². The number of likely N-dealkylation sites (N-methyl/N-ethyl adjacent to an activating group) is 1. The Morgan fingerprint density at radius 2 is 1.64 bits per heavy atom. The standard InChI is InChI=1S/C12H24N2/c1-13-12(7-3-2-4-8-12)11-14-9-5-6-10-14/h13H,2-11H2,1H3. The van der Waals surface area contributed by atoms with Gasteiger partial charge in [0.25, 0.3) is 0 Å². The Kier molecular flexibility index (Phi) is 3.45. The molecular formula is C12H24N2. The van der Waals surface area contributed by atoms with Crippen molar-refractivity contribution in [2.75, 3.05) is 26.7 Å². The van der Waals surface area contributed by atoms with E-state index in [9.17, 15) is 0 Å². The summed E-state index contributed by atoms with van der Waals surface area (Å²) in [5.41, 5.74) is 0.461. The average Bonchev–Trinajstić information content (AvgIpc) is 2.72. The first-order valence-electron chi connectivity index (χ1n) is 6.26. The monoisotopic (exact) mass is 196 g/mol. The SMILES string of the molecule is CNC1(CN2CCCC2)CCCCC1. The van der Waals surface area contributed by atoms with Crippen molar-refractivity contribution in [3.8, 4) is 0 Å². The van der Waals surface area contributed by atoms with Crippen molar-refractivity contribution in [3.63, 3.8) is 0 Å². The van der Waals surface area contributed by atoms with Gasteiger partial charge in [-0.3, -0.25) is 0 Å². The van der Waals surface area contributed by atoms with Gasteiger partial charge in [0, 0.05) is 12.1 Å². The average molecular weight is 196 g/mol. The minimum atomic E-state index is 0.461. The van der Waals surface area contributed by atoms with Crippen molar-refractivity contribution < 1.29 is 0 Å². The summed E-state index contributed by atoms with van der Waals surface area (Å²) in [5, 5.41) is 3.60. The molecule has 2 nitrogen and oxygen atoms in total. The number of hydrogen-bond donors (Lipinski definition) is 1. The zero-order valence-electron chi connectivity index (χ0n) is 9.52. The highest BCUT2D eigenvalue weighted by Gasteiger charge is 2.32. The van der Waals surface area contributed by atoms with E-state index in [4.69, 9.17) is 0 Å². The highest BCUT2D eigenvalue weighted by atomic mass is 15.2. The third-order valence-corrected chi connectivity index (χ3v) is 4.07. The van der Waals surface area contributed by atoms with Gasteiger partial charge in [-0.1, -0.05) is 19.3 Å². The van der Waals surface area contributed by atoms with E-state index in [0.717, 1.165) is 0 Å². The summed E-state index contributed by atoms with van der Waals surface area (Å²) < 4.78 is 0. The lowest BCUT2D eigenvalue weighted by atomic mass is 9.81. The van der Waals surface area contributed by atoms with Crippen LogP contribution in [0.4, 0.5) is 0 Å². The molecule has 0 bridgehead atoms. The van der Waals surface area contributed by atoms with Crippen LogP contribution in [-0.2, 0) is 0 Å². The van der Waals surface area contributed by atoms with Crippen LogP contribution >= 0.6 is 0 Å². The molecule has 2 rings (SSSR count). The summed E-state index contributed by atoms with van der Waals surface area (Å²) in [6.07, 6.45) is 9.91. The van der Waals surface area contributed by atoms with Gasteiger partial charge in [-0.2, -0.15) is 0 Å². The molecule has 0 radical (unpaired) electrons. The lowest BCUT2D eigenvalue weighted by Gasteiger charge is -2.40. The van der Waals surface area contributed by atoms with E-state index in [1.165, 1.54) is 64.6 Å². The molecule has 1 N–H and O–H groups in total. The van der Waals surface area contributed by atoms with Crippen molar-refractivity contribution in [1.82, 2.24) is 10.2 Å². The second-order valence-corrected chi connectivity index (χ2v) is 5.07. The summed E-state index contributed by atoms with van der Waals surface area (Å²) in [4.78, 5) is 2.65. The molecule has 1 saturated heterocycles. The van der Waals surface area contributed by atoms with Gasteiger partial charge < -0.3 is 10.2 Å². The maximum absolute atomic E-state index is 3.60. The van der Waals surface area contributed by atoms with Gasteiger partial charge in [-0.05, 0) is 45.8 Å². The first-order chi connectivity index (χ1) is 6.85. The fourth-order valence-electron chi connectivity index (χ4n) is 3.08. The molecule has 2 fully saturated rings. The van der Waals surface area contributed by atoms with Crippen molar-refractivity contribution in [1.29, 1.82) is 0 Å². The van der Waals surface area contributed by atoms with Crippen LogP contribution in [0.1, 0.15) is 44.9 Å². The van der Waals surface area contributed by atoms with Gasteiger partial charge in [0.15, 0.2) is 0 Å². The summed E-state index contributed by atoms with van der Waals surface area (Å²) in [6, 6.07) is 0. The Labute approximate surface area is 88.1 Å². The second-order valence-electron chi connectivity index (χ2n) is 5.07. The second kappa shape index (κ2) is 4.63. The molecule has 0 atom stereocenters. The molecule has 2 heteroatoms. The van der Waals surface area contributed by atoms with Crippen LogP contribution in [0, 0.1) is 0 Å². The molecule has 0 amide bonds. The zero-order chi connectivity index (χ0) is 9.86. The van der Waals surface area contributed by atoms with E-state index in [2.05, 4.69) is 17.3 Å². The van der Waals surface area contributed by atoms with E-state index in [1.807, 2.05) is 0 Å². The summed E-state index contributed by atoms with van der Waals surface area (Å²) in [5.74, 6) is 0. The Balaban J connectivity index is 1.89. The Morgan fingerprint density at radius 1 is 1.00 bits per heavy atom. The van der Waals surface area contributed by atoms with Crippen LogP contribution in [0.2, 0.25) is 0 Å². The predicted octanol–water partition coefficient (Wildman–Crippen LogP) is 2.00. The minimum absolute atomic E-state index is 0.461. The van der Waals surface area contributed by atoms with Crippen molar-refractivity contribution in [2.45, 2.75) is 50.5 Å². The molecule has 0 unspecified atom stereocenters. The van der Waals surface area contributed by atoms with Gasteiger partial charge in [-0.25, -0.2) is 0 Å². The van der Waals surface area contributed by atoms with E-state index in [0.29, 0.717) is 5.54 Å². The van der Waals surface area contributed by atoms with Crippen molar-refractivity contribution in [3.05, 3.63) is 0 Å². The summed E-state index contributed by atoms with van der Waals surface area (Å²) >= 11 is 0. The largest absolute Gasteiger partial charge is 0.313 e. The molecular weight excluding hydrogens is 172 g/mol. The molecule has 0 spiro atoms. The first kappa shape index (κ1) is 10.4. The fourth-order valence-corrected chi connectivity index (χ4v) is 3.08. The van der Waals surface area contributed by atoms with E-state index >= 15 is 0 Å². The molecule has 0 aromatic heterocycles. The highest BCUT2D eigenvalue weighted by molar-refractivity contribution is 4.93. The Bertz CT molecular complexity index is 167. The summed E-state index contributed by atoms with van der Waals surface area (Å²) in [6.45, 7) is 3.97. The van der Waals surface area contributed by atoms with Crippen LogP contribution in [0.25, 0.3) is 0 Å². The topological polar surface area (TPSA) is 15.3 Å². The third kappa shape index (κ3) is 2.29. The molecule has 1 aliphatic carbocycles. The number of nitrogens with zero attached hydrogens (tertiary/aromatic N) is 1. The van der Waals surface area contributed by atoms with Crippen LogP contribution in [0.15, 0.2) is 0 Å². The molecule has 0 aromatic carbocycles. The van der Waals surface area contributed by atoms with Crippen LogP contribution in [0.5, 0.6) is 0 Å². The zero-order valence-corrected chi connectivity index (χ0v) is 9.52. The van der Waals surface area contributed by atoms with E-state index < -0.39 is 0 Å². The fraction of sp³-hybridized carbons (Fsp3) is 1.00. The number of rotatable bonds is 3. The molecule has 14 heavy (non-hydrogen) atoms. The normalized spacial score (nSPS) is 28.1. The van der Waals surface area contributed by atoms with Crippen molar-refractivity contribution in [2.24, 2.45) is 0 Å². The molecule has 1 saturated carbocycles. The Hall–Kier alpha value is -0.0800. The van der Waals surface area contributed by atoms with Gasteiger partial charge in [-0.15, -0.1) is 0 Å². The molecule has 82 valence electrons. The predicted molar refractivity (Wildman–Crippen MR) is 60.5 cm³/mol. The molecule has 0 aromatic rings. The lowest BCUT2D eigenvalue weighted by molar-refractivity contribution is 0.166. The molecule has 1 aliphatic heterocycles. The van der Waals surface area contributed by atoms with Crippen LogP contribution < -0.4 is 5.32 Å². The van der Waals surface area contributed by atoms with Crippen LogP contribution in [-0.4, -0.2) is 37.1 Å². The third-order valence-electron chi connectivity index (χ3n) is 4.07. The van der Waals surface area contributed by atoms with E-state index in [1.54, 1.807) is 0 Å². The lowest BCUT2D eigenvalue weighted by Crippen LogP contribution is -2.52. The maximum Gasteiger partial charge on any atom is 0.0306 e. The van der Waals surface area contributed by atoms with Crippen LogP contribution in [0.3, 0.4) is 0 Å².